The summed E-state index contributed by atoms with van der Waals surface area (Å²) in [4.78, 5) is 38.7. The highest BCUT2D eigenvalue weighted by Gasteiger charge is 2.45. The van der Waals surface area contributed by atoms with Crippen LogP contribution in [0.25, 0.3) is 11.1 Å². The smallest absolute Gasteiger partial charge is 0.407 e. The third-order valence-electron chi connectivity index (χ3n) is 7.56. The Morgan fingerprint density at radius 2 is 1.69 bits per heavy atom. The van der Waals surface area contributed by atoms with Gasteiger partial charge in [-0.05, 0) is 54.4 Å². The molecule has 5 rings (SSSR count). The Kier molecular flexibility index (Phi) is 6.09. The molecule has 2 aliphatic carbocycles. The first-order valence-electron chi connectivity index (χ1n) is 12.2. The summed E-state index contributed by atoms with van der Waals surface area (Å²) in [5.41, 5.74) is 4.30. The Balaban J connectivity index is 1.22. The predicted molar refractivity (Wildman–Crippen MR) is 131 cm³/mol. The van der Waals surface area contributed by atoms with Crippen molar-refractivity contribution in [2.75, 3.05) is 19.7 Å². The molecule has 35 heavy (non-hydrogen) atoms. The van der Waals surface area contributed by atoms with Gasteiger partial charge in [-0.25, -0.2) is 9.59 Å². The zero-order chi connectivity index (χ0) is 24.6. The van der Waals surface area contributed by atoms with Gasteiger partial charge in [0.1, 0.15) is 6.61 Å². The summed E-state index contributed by atoms with van der Waals surface area (Å²) >= 11 is 0. The van der Waals surface area contributed by atoms with Gasteiger partial charge in [0.25, 0.3) is 0 Å². The van der Waals surface area contributed by atoms with Crippen molar-refractivity contribution in [2.24, 2.45) is 5.92 Å². The van der Waals surface area contributed by atoms with Gasteiger partial charge in [0.2, 0.25) is 5.91 Å². The number of hydrogen-bond donors (Lipinski definition) is 2. The van der Waals surface area contributed by atoms with E-state index in [1.54, 1.807) is 11.0 Å². The number of rotatable bonds is 7. The predicted octanol–water partition coefficient (Wildman–Crippen LogP) is 4.33. The number of carboxylic acids is 1. The fourth-order valence-corrected chi connectivity index (χ4v) is 5.39. The van der Waals surface area contributed by atoms with Crippen molar-refractivity contribution in [1.29, 1.82) is 0 Å². The Labute approximate surface area is 204 Å². The molecule has 1 saturated carbocycles. The fraction of sp³-hybridized carbons (Fsp3) is 0.393. The molecule has 0 spiro atoms. The number of ether oxygens (including phenoxy) is 1. The number of carbonyl (C=O) groups excluding carboxylic acids is 2. The quantitative estimate of drug-likeness (QED) is 0.623. The van der Waals surface area contributed by atoms with Gasteiger partial charge in [-0.1, -0.05) is 54.6 Å². The number of benzene rings is 2. The molecule has 1 atom stereocenters. The minimum absolute atomic E-state index is 0.0227. The maximum Gasteiger partial charge on any atom is 0.407 e. The highest BCUT2D eigenvalue weighted by molar-refractivity contribution is 5.87. The number of carbonyl (C=O) groups is 3. The van der Waals surface area contributed by atoms with Crippen LogP contribution in [-0.2, 0) is 14.3 Å². The largest absolute Gasteiger partial charge is 0.478 e. The Morgan fingerprint density at radius 3 is 2.23 bits per heavy atom. The number of hydrogen-bond acceptors (Lipinski definition) is 4. The summed E-state index contributed by atoms with van der Waals surface area (Å²) in [5.74, 6) is -0.816. The third kappa shape index (κ3) is 4.67. The van der Waals surface area contributed by atoms with E-state index in [1.165, 1.54) is 11.1 Å². The molecule has 3 aliphatic rings. The second kappa shape index (κ2) is 9.21. The molecule has 1 aliphatic heterocycles. The van der Waals surface area contributed by atoms with Crippen molar-refractivity contribution in [3.05, 3.63) is 71.3 Å². The second-order valence-corrected chi connectivity index (χ2v) is 9.94. The van der Waals surface area contributed by atoms with E-state index < -0.39 is 17.6 Å². The summed E-state index contributed by atoms with van der Waals surface area (Å²) < 4.78 is 5.73. The molecule has 1 fully saturated rings. The van der Waals surface area contributed by atoms with Crippen LogP contribution in [0.3, 0.4) is 0 Å². The van der Waals surface area contributed by atoms with Crippen molar-refractivity contribution in [3.8, 4) is 11.1 Å². The lowest BCUT2D eigenvalue weighted by molar-refractivity contribution is -0.135. The Morgan fingerprint density at radius 1 is 1.06 bits per heavy atom. The van der Waals surface area contributed by atoms with Crippen LogP contribution in [-0.4, -0.2) is 53.2 Å². The molecule has 0 aromatic heterocycles. The van der Waals surface area contributed by atoms with Gasteiger partial charge >= 0.3 is 12.1 Å². The molecular weight excluding hydrogens is 444 g/mol. The molecule has 0 saturated heterocycles. The minimum atomic E-state index is -0.933. The average molecular weight is 475 g/mol. The van der Waals surface area contributed by atoms with E-state index in [9.17, 15) is 14.4 Å². The number of nitrogens with one attached hydrogen (secondary N) is 1. The zero-order valence-corrected chi connectivity index (χ0v) is 19.8. The van der Waals surface area contributed by atoms with Crippen LogP contribution in [0.2, 0.25) is 0 Å². The highest BCUT2D eigenvalue weighted by Crippen LogP contribution is 2.45. The van der Waals surface area contributed by atoms with Crippen LogP contribution in [0, 0.1) is 5.92 Å². The number of aliphatic carboxylic acids is 1. The molecule has 7 heteroatoms. The van der Waals surface area contributed by atoms with Crippen LogP contribution in [0.1, 0.15) is 49.7 Å². The summed E-state index contributed by atoms with van der Waals surface area (Å²) in [6, 6.07) is 16.4. The van der Waals surface area contributed by atoms with Crippen LogP contribution in [0.4, 0.5) is 4.79 Å². The maximum atomic E-state index is 13.0. The molecular formula is C28H30N2O5. The standard InChI is InChI=1S/C28H30N2O5/c1-28(19-10-11-19,16-25(31)30-14-12-18(13-15-30)26(32)33)29-27(34)35-17-24-22-8-4-2-6-20(22)21-7-3-5-9-23(21)24/h2-9,12,19,24H,10-11,13-17H2,1H3,(H,29,34)(H,32,33). The maximum absolute atomic E-state index is 13.0. The van der Waals surface area contributed by atoms with E-state index in [1.807, 2.05) is 31.2 Å². The number of carboxylic acid groups (broad SMARTS) is 1. The van der Waals surface area contributed by atoms with Gasteiger partial charge in [-0.2, -0.15) is 0 Å². The van der Waals surface area contributed by atoms with Crippen molar-refractivity contribution < 1.29 is 24.2 Å². The number of amides is 2. The summed E-state index contributed by atoms with van der Waals surface area (Å²) in [6.07, 6.45) is 3.49. The molecule has 182 valence electrons. The van der Waals surface area contributed by atoms with E-state index in [4.69, 9.17) is 9.84 Å². The molecule has 0 radical (unpaired) electrons. The van der Waals surface area contributed by atoms with Crippen molar-refractivity contribution in [3.63, 3.8) is 0 Å². The molecule has 2 amide bonds. The monoisotopic (exact) mass is 474 g/mol. The van der Waals surface area contributed by atoms with Crippen molar-refractivity contribution >= 4 is 18.0 Å². The van der Waals surface area contributed by atoms with E-state index in [0.717, 1.165) is 24.0 Å². The zero-order valence-electron chi connectivity index (χ0n) is 19.8. The normalized spacial score (nSPS) is 18.7. The van der Waals surface area contributed by atoms with Crippen LogP contribution >= 0.6 is 0 Å². The van der Waals surface area contributed by atoms with Gasteiger partial charge in [-0.3, -0.25) is 4.79 Å². The van der Waals surface area contributed by atoms with Crippen LogP contribution < -0.4 is 5.32 Å². The molecule has 1 unspecified atom stereocenters. The summed E-state index contributed by atoms with van der Waals surface area (Å²) in [6.45, 7) is 2.80. The van der Waals surface area contributed by atoms with Gasteiger partial charge in [0.05, 0.1) is 12.0 Å². The molecule has 1 heterocycles. The lowest BCUT2D eigenvalue weighted by atomic mass is 9.90. The highest BCUT2D eigenvalue weighted by atomic mass is 16.5. The van der Waals surface area contributed by atoms with Gasteiger partial charge < -0.3 is 20.1 Å². The molecule has 0 bridgehead atoms. The topological polar surface area (TPSA) is 95.9 Å². The van der Waals surface area contributed by atoms with Gasteiger partial charge in [0, 0.05) is 24.6 Å². The lowest BCUT2D eigenvalue weighted by Crippen LogP contribution is -2.52. The fourth-order valence-electron chi connectivity index (χ4n) is 5.39. The molecule has 2 aromatic rings. The van der Waals surface area contributed by atoms with Crippen LogP contribution in [0.5, 0.6) is 0 Å². The average Bonchev–Trinajstić information content (AvgIpc) is 3.67. The van der Waals surface area contributed by atoms with Crippen LogP contribution in [0.15, 0.2) is 60.2 Å². The third-order valence-corrected chi connectivity index (χ3v) is 7.56. The van der Waals surface area contributed by atoms with Crippen molar-refractivity contribution in [2.45, 2.75) is 44.1 Å². The van der Waals surface area contributed by atoms with E-state index in [2.05, 4.69) is 29.6 Å². The lowest BCUT2D eigenvalue weighted by Gasteiger charge is -2.34. The van der Waals surface area contributed by atoms with E-state index >= 15 is 0 Å². The number of fused-ring (bicyclic) bond motifs is 3. The van der Waals surface area contributed by atoms with Gasteiger partial charge in [-0.15, -0.1) is 0 Å². The number of nitrogens with zero attached hydrogens (tertiary/aromatic N) is 1. The van der Waals surface area contributed by atoms with Gasteiger partial charge in [0.15, 0.2) is 0 Å². The van der Waals surface area contributed by atoms with E-state index in [0.29, 0.717) is 18.5 Å². The molecule has 2 aromatic carbocycles. The minimum Gasteiger partial charge on any atom is -0.478 e. The second-order valence-electron chi connectivity index (χ2n) is 9.94. The summed E-state index contributed by atoms with van der Waals surface area (Å²) in [5, 5.41) is 12.1. The van der Waals surface area contributed by atoms with E-state index in [-0.39, 0.29) is 37.3 Å². The molecule has 2 N–H and O–H groups in total. The van der Waals surface area contributed by atoms with Crippen molar-refractivity contribution in [1.82, 2.24) is 10.2 Å². The Hall–Kier alpha value is -3.61. The summed E-state index contributed by atoms with van der Waals surface area (Å²) in [7, 11) is 0. The SMILES string of the molecule is CC(CC(=O)N1CC=C(C(=O)O)CC1)(NC(=O)OCC1c2ccccc2-c2ccccc21)C1CC1. The molecule has 7 nitrogen and oxygen atoms in total. The Bertz CT molecular complexity index is 1160. The first-order valence-corrected chi connectivity index (χ1v) is 12.2. The first-order chi connectivity index (χ1) is 16.9. The number of alkyl carbamates (subject to hydrolysis) is 1. The first kappa shape index (κ1) is 23.1.